The van der Waals surface area contributed by atoms with Crippen molar-refractivity contribution in [1.29, 1.82) is 0 Å². The van der Waals surface area contributed by atoms with Crippen molar-refractivity contribution < 1.29 is 4.74 Å². The molecule has 1 heterocycles. The van der Waals surface area contributed by atoms with Gasteiger partial charge in [-0.05, 0) is 0 Å². The summed E-state index contributed by atoms with van der Waals surface area (Å²) >= 11 is -2.21. The van der Waals surface area contributed by atoms with E-state index in [1.54, 1.807) is 0 Å². The average molecular weight is 315 g/mol. The molecule has 0 fully saturated rings. The van der Waals surface area contributed by atoms with Gasteiger partial charge in [-0.15, -0.1) is 0 Å². The molecule has 0 spiro atoms. The molecule has 0 N–H and O–H groups in total. The van der Waals surface area contributed by atoms with Crippen LogP contribution in [0.1, 0.15) is 48.5 Å². The standard InChI is InChI=1S/C14H30GeN2O/c1-9-15(10-2,11-3)12-13(4,5)16(8)14(6,7)17(12)18/h9-11H2,1-8H3. The van der Waals surface area contributed by atoms with Gasteiger partial charge in [-0.2, -0.15) is 0 Å². The van der Waals surface area contributed by atoms with Gasteiger partial charge in [-0.1, -0.05) is 0 Å². The summed E-state index contributed by atoms with van der Waals surface area (Å²) in [5.74, 6) is 0. The Morgan fingerprint density at radius 1 is 1.06 bits per heavy atom. The summed E-state index contributed by atoms with van der Waals surface area (Å²) in [4.78, 5) is 2.25. The molecule has 0 unspecified atom stereocenters. The van der Waals surface area contributed by atoms with Crippen molar-refractivity contribution in [2.45, 2.75) is 75.4 Å². The van der Waals surface area contributed by atoms with Crippen LogP contribution in [0.3, 0.4) is 0 Å². The Labute approximate surface area is 115 Å². The predicted molar refractivity (Wildman–Crippen MR) is 81.8 cm³/mol. The third kappa shape index (κ3) is 1.94. The molecule has 0 aliphatic carbocycles. The molecule has 1 aliphatic heterocycles. The van der Waals surface area contributed by atoms with E-state index in [0.717, 1.165) is 0 Å². The van der Waals surface area contributed by atoms with Crippen molar-refractivity contribution in [3.8, 4) is 0 Å². The fourth-order valence-electron chi connectivity index (χ4n) is 3.62. The van der Waals surface area contributed by atoms with E-state index < -0.39 is 18.9 Å². The number of nitrogens with zero attached hydrogens (tertiary/aromatic N) is 2. The normalized spacial score (nSPS) is 23.8. The fourth-order valence-corrected chi connectivity index (χ4v) is 13.4. The van der Waals surface area contributed by atoms with E-state index in [1.807, 2.05) is 13.8 Å². The van der Waals surface area contributed by atoms with Gasteiger partial charge in [-0.3, -0.25) is 0 Å². The van der Waals surface area contributed by atoms with Gasteiger partial charge < -0.3 is 0 Å². The van der Waals surface area contributed by atoms with Crippen LogP contribution in [0.15, 0.2) is 0 Å². The first kappa shape index (κ1) is 16.0. The summed E-state index contributed by atoms with van der Waals surface area (Å²) in [6.07, 6.45) is 0. The first-order valence-corrected chi connectivity index (χ1v) is 12.7. The predicted octanol–water partition coefficient (Wildman–Crippen LogP) is 3.45. The van der Waals surface area contributed by atoms with E-state index in [9.17, 15) is 5.21 Å². The molecule has 0 aromatic rings. The van der Waals surface area contributed by atoms with Crippen molar-refractivity contribution in [3.05, 3.63) is 5.21 Å². The molecule has 0 bridgehead atoms. The molecule has 1 rings (SSSR count). The van der Waals surface area contributed by atoms with E-state index >= 15 is 0 Å². The monoisotopic (exact) mass is 316 g/mol. The maximum absolute atomic E-state index is 12.9. The van der Waals surface area contributed by atoms with Crippen LogP contribution in [-0.2, 0) is 0 Å². The van der Waals surface area contributed by atoms with E-state index in [-0.39, 0.29) is 5.54 Å². The van der Waals surface area contributed by atoms with Crippen molar-refractivity contribution in [2.24, 2.45) is 0 Å². The van der Waals surface area contributed by atoms with Crippen LogP contribution in [0, 0.1) is 5.21 Å². The number of hydrogen-bond acceptors (Lipinski definition) is 2. The molecule has 0 radical (unpaired) electrons. The molecule has 1 aliphatic rings. The van der Waals surface area contributed by atoms with Crippen LogP contribution in [-0.4, -0.2) is 45.7 Å². The summed E-state index contributed by atoms with van der Waals surface area (Å²) in [6, 6.07) is 0. The Morgan fingerprint density at radius 3 is 1.67 bits per heavy atom. The van der Waals surface area contributed by atoms with E-state index in [2.05, 4.69) is 46.6 Å². The van der Waals surface area contributed by atoms with Gasteiger partial charge in [0.15, 0.2) is 0 Å². The Kier molecular flexibility index (Phi) is 4.29. The zero-order valence-corrected chi connectivity index (χ0v) is 15.5. The molecule has 106 valence electrons. The van der Waals surface area contributed by atoms with Crippen molar-refractivity contribution in [3.63, 3.8) is 0 Å². The molecule has 0 amide bonds. The summed E-state index contributed by atoms with van der Waals surface area (Å²) in [5, 5.41) is 16.5. The first-order valence-electron chi connectivity index (χ1n) is 7.21. The molecule has 3 nitrogen and oxygen atoms in total. The maximum atomic E-state index is 12.9. The van der Waals surface area contributed by atoms with Crippen LogP contribution in [0.2, 0.25) is 15.8 Å². The Balaban J connectivity index is 3.49. The van der Waals surface area contributed by atoms with E-state index in [0.29, 0.717) is 0 Å². The first-order chi connectivity index (χ1) is 8.11. The van der Waals surface area contributed by atoms with Crippen LogP contribution in [0.4, 0.5) is 0 Å². The Hall–Kier alpha value is -0.0271. The van der Waals surface area contributed by atoms with Gasteiger partial charge in [0.25, 0.3) is 0 Å². The van der Waals surface area contributed by atoms with Crippen LogP contribution in [0.5, 0.6) is 0 Å². The van der Waals surface area contributed by atoms with Crippen molar-refractivity contribution in [2.75, 3.05) is 7.05 Å². The molecule has 0 saturated carbocycles. The van der Waals surface area contributed by atoms with Crippen LogP contribution >= 0.6 is 0 Å². The SMILES string of the molecule is C[CH2][Ge]([CH2]C)([CH2]C)[C]1=[N+]([O-])C(C)(C)N(C)C1(C)C. The Bertz CT molecular complexity index is 349. The third-order valence-electron chi connectivity index (χ3n) is 5.47. The summed E-state index contributed by atoms with van der Waals surface area (Å²) < 4.78 is 2.62. The van der Waals surface area contributed by atoms with Gasteiger partial charge in [0.1, 0.15) is 0 Å². The fraction of sp³-hybridized carbons (Fsp3) is 0.929. The summed E-state index contributed by atoms with van der Waals surface area (Å²) in [7, 11) is 2.09. The summed E-state index contributed by atoms with van der Waals surface area (Å²) in [5.41, 5.74) is -0.498. The van der Waals surface area contributed by atoms with Crippen molar-refractivity contribution >= 4 is 17.8 Å². The molecular formula is C14H30GeN2O. The molecular weight excluding hydrogens is 285 g/mol. The second-order valence-corrected chi connectivity index (χ2v) is 17.4. The van der Waals surface area contributed by atoms with Crippen LogP contribution in [0.25, 0.3) is 0 Å². The van der Waals surface area contributed by atoms with Crippen molar-refractivity contribution in [1.82, 2.24) is 4.90 Å². The zero-order valence-electron chi connectivity index (χ0n) is 13.4. The third-order valence-corrected chi connectivity index (χ3v) is 17.8. The average Bonchev–Trinajstić information content (AvgIpc) is 2.44. The minimum absolute atomic E-state index is 0.0900. The number of rotatable bonds is 4. The number of hydroxylamine groups is 1. The van der Waals surface area contributed by atoms with E-state index in [4.69, 9.17) is 0 Å². The van der Waals surface area contributed by atoms with Gasteiger partial charge >= 0.3 is 115 Å². The van der Waals surface area contributed by atoms with Gasteiger partial charge in [0.2, 0.25) is 0 Å². The molecule has 0 atom stereocenters. The number of hydrogen-bond donors (Lipinski definition) is 0. The van der Waals surface area contributed by atoms with Gasteiger partial charge in [0.05, 0.1) is 0 Å². The van der Waals surface area contributed by atoms with Gasteiger partial charge in [-0.25, -0.2) is 0 Å². The van der Waals surface area contributed by atoms with Gasteiger partial charge in [0, 0.05) is 0 Å². The minimum atomic E-state index is -2.21. The molecule has 0 aromatic carbocycles. The quantitative estimate of drug-likeness (QED) is 0.452. The molecule has 18 heavy (non-hydrogen) atoms. The molecule has 0 aromatic heterocycles. The Morgan fingerprint density at radius 2 is 1.44 bits per heavy atom. The second kappa shape index (κ2) is 4.82. The topological polar surface area (TPSA) is 29.3 Å². The second-order valence-electron chi connectivity index (χ2n) is 6.60. The molecule has 0 saturated heterocycles. The zero-order chi connectivity index (χ0) is 14.4. The van der Waals surface area contributed by atoms with E-state index in [1.165, 1.54) is 25.0 Å². The van der Waals surface area contributed by atoms with Crippen LogP contribution < -0.4 is 0 Å². The summed E-state index contributed by atoms with van der Waals surface area (Å²) in [6.45, 7) is 15.4. The molecule has 4 heteroatoms.